The first kappa shape index (κ1) is 26.3. The maximum Gasteiger partial charge on any atom is 0.129 e. The molecule has 36 heavy (non-hydrogen) atoms. The molecule has 1 aliphatic rings. The van der Waals surface area contributed by atoms with Gasteiger partial charge in [0.15, 0.2) is 0 Å². The first-order chi connectivity index (χ1) is 17.5. The third-order valence-corrected chi connectivity index (χ3v) is 8.06. The van der Waals surface area contributed by atoms with Gasteiger partial charge >= 0.3 is 0 Å². The second-order valence-electron chi connectivity index (χ2n) is 10.7. The van der Waals surface area contributed by atoms with Gasteiger partial charge in [-0.1, -0.05) is 73.7 Å². The summed E-state index contributed by atoms with van der Waals surface area (Å²) in [5.41, 5.74) is 4.98. The van der Waals surface area contributed by atoms with E-state index in [2.05, 4.69) is 43.3 Å². The van der Waals surface area contributed by atoms with E-state index in [1.165, 1.54) is 17.5 Å². The van der Waals surface area contributed by atoms with Crippen molar-refractivity contribution in [3.63, 3.8) is 0 Å². The zero-order valence-electron chi connectivity index (χ0n) is 21.9. The minimum Gasteiger partial charge on any atom is -0.207 e. The van der Waals surface area contributed by atoms with Crippen LogP contribution in [0.5, 0.6) is 0 Å². The summed E-state index contributed by atoms with van der Waals surface area (Å²) in [4.78, 5) is 0. The molecule has 0 N–H and O–H groups in total. The SMILES string of the molecule is CC=CCCc1ccc(CCC2CCC(c3cc(F)c(C[C@@H](C)c4ccccc4)c(F)c3)CC2)cc1. The van der Waals surface area contributed by atoms with Gasteiger partial charge in [-0.15, -0.1) is 0 Å². The Labute approximate surface area is 216 Å². The number of benzene rings is 3. The highest BCUT2D eigenvalue weighted by Gasteiger charge is 2.24. The Morgan fingerprint density at radius 2 is 1.44 bits per heavy atom. The van der Waals surface area contributed by atoms with Gasteiger partial charge in [-0.3, -0.25) is 0 Å². The summed E-state index contributed by atoms with van der Waals surface area (Å²) in [6, 6.07) is 22.3. The maximum atomic E-state index is 15.0. The molecule has 1 atom stereocenters. The van der Waals surface area contributed by atoms with Crippen molar-refractivity contribution in [2.75, 3.05) is 0 Å². The summed E-state index contributed by atoms with van der Waals surface area (Å²) in [5, 5.41) is 0. The quantitative estimate of drug-likeness (QED) is 0.250. The van der Waals surface area contributed by atoms with Gasteiger partial charge in [-0.2, -0.15) is 0 Å². The first-order valence-corrected chi connectivity index (χ1v) is 13.7. The molecule has 1 aliphatic carbocycles. The molecule has 0 bridgehead atoms. The van der Waals surface area contributed by atoms with E-state index in [0.717, 1.165) is 56.1 Å². The third kappa shape index (κ3) is 7.15. The molecule has 0 amide bonds. The second-order valence-corrected chi connectivity index (χ2v) is 10.7. The van der Waals surface area contributed by atoms with Crippen LogP contribution in [0, 0.1) is 17.6 Å². The molecule has 0 unspecified atom stereocenters. The van der Waals surface area contributed by atoms with Crippen LogP contribution in [0.25, 0.3) is 0 Å². The van der Waals surface area contributed by atoms with Crippen LogP contribution in [0.2, 0.25) is 0 Å². The predicted molar refractivity (Wildman–Crippen MR) is 148 cm³/mol. The molecule has 2 heteroatoms. The van der Waals surface area contributed by atoms with Crippen molar-refractivity contribution < 1.29 is 8.78 Å². The highest BCUT2D eigenvalue weighted by atomic mass is 19.1. The molecular formula is C34H40F2. The van der Waals surface area contributed by atoms with Crippen molar-refractivity contribution in [1.29, 1.82) is 0 Å². The maximum absolute atomic E-state index is 15.0. The smallest absolute Gasteiger partial charge is 0.129 e. The van der Waals surface area contributed by atoms with Gasteiger partial charge in [0.05, 0.1) is 0 Å². The fraction of sp³-hybridized carbons (Fsp3) is 0.412. The molecule has 3 aromatic rings. The van der Waals surface area contributed by atoms with E-state index in [1.54, 1.807) is 12.1 Å². The summed E-state index contributed by atoms with van der Waals surface area (Å²) in [6.07, 6.45) is 13.5. The average molecular weight is 487 g/mol. The van der Waals surface area contributed by atoms with Crippen LogP contribution < -0.4 is 0 Å². The summed E-state index contributed by atoms with van der Waals surface area (Å²) in [6.45, 7) is 4.10. The van der Waals surface area contributed by atoms with Gasteiger partial charge in [-0.25, -0.2) is 8.78 Å². The zero-order valence-corrected chi connectivity index (χ0v) is 21.9. The molecule has 0 saturated heterocycles. The van der Waals surface area contributed by atoms with Crippen LogP contribution in [0.15, 0.2) is 78.9 Å². The number of hydrogen-bond donors (Lipinski definition) is 0. The summed E-state index contributed by atoms with van der Waals surface area (Å²) < 4.78 is 30.0. The predicted octanol–water partition coefficient (Wildman–Crippen LogP) is 9.73. The Morgan fingerprint density at radius 1 is 0.833 bits per heavy atom. The van der Waals surface area contributed by atoms with Gasteiger partial charge < -0.3 is 0 Å². The summed E-state index contributed by atoms with van der Waals surface area (Å²) in [7, 11) is 0. The molecule has 4 rings (SSSR count). The van der Waals surface area contributed by atoms with E-state index >= 15 is 0 Å². The normalized spacial score (nSPS) is 19.0. The minimum atomic E-state index is -0.385. The van der Waals surface area contributed by atoms with Crippen LogP contribution in [0.4, 0.5) is 8.78 Å². The van der Waals surface area contributed by atoms with Crippen molar-refractivity contribution in [1.82, 2.24) is 0 Å². The largest absolute Gasteiger partial charge is 0.207 e. The van der Waals surface area contributed by atoms with Gasteiger partial charge in [0.2, 0.25) is 0 Å². The monoisotopic (exact) mass is 486 g/mol. The number of hydrogen-bond acceptors (Lipinski definition) is 0. The van der Waals surface area contributed by atoms with E-state index in [-0.39, 0.29) is 29.0 Å². The van der Waals surface area contributed by atoms with Crippen LogP contribution in [0.3, 0.4) is 0 Å². The van der Waals surface area contributed by atoms with Gasteiger partial charge in [-0.05, 0) is 117 Å². The highest BCUT2D eigenvalue weighted by molar-refractivity contribution is 5.31. The van der Waals surface area contributed by atoms with Crippen LogP contribution in [-0.2, 0) is 19.3 Å². The standard InChI is InChI=1S/C34H40F2/c1-3-4-6-9-26-12-14-27(15-13-26)16-17-28-18-20-30(21-19-28)31-23-33(35)32(34(36)24-31)22-25(2)29-10-7-5-8-11-29/h3-5,7-8,10-15,23-25,28,30H,6,9,16-22H2,1-2H3/t25-,28?,30?/m1/s1. The van der Waals surface area contributed by atoms with Crippen molar-refractivity contribution in [3.8, 4) is 0 Å². The van der Waals surface area contributed by atoms with Crippen LogP contribution >= 0.6 is 0 Å². The third-order valence-electron chi connectivity index (χ3n) is 8.06. The average Bonchev–Trinajstić information content (AvgIpc) is 2.91. The number of rotatable bonds is 10. The van der Waals surface area contributed by atoms with Gasteiger partial charge in [0.25, 0.3) is 0 Å². The van der Waals surface area contributed by atoms with E-state index in [4.69, 9.17) is 0 Å². The Balaban J connectivity index is 1.27. The summed E-state index contributed by atoms with van der Waals surface area (Å²) >= 11 is 0. The Bertz CT molecular complexity index is 1080. The Hall–Kier alpha value is -2.74. The summed E-state index contributed by atoms with van der Waals surface area (Å²) in [5.74, 6) is 0.276. The van der Waals surface area contributed by atoms with Crippen LogP contribution in [0.1, 0.15) is 92.0 Å². The van der Waals surface area contributed by atoms with E-state index < -0.39 is 0 Å². The van der Waals surface area contributed by atoms with E-state index in [1.807, 2.05) is 37.3 Å². The van der Waals surface area contributed by atoms with Crippen LogP contribution in [-0.4, -0.2) is 0 Å². The molecule has 0 aromatic heterocycles. The fourth-order valence-electron chi connectivity index (χ4n) is 5.70. The van der Waals surface area contributed by atoms with E-state index in [9.17, 15) is 8.78 Å². The number of aryl methyl sites for hydroxylation is 2. The van der Waals surface area contributed by atoms with Crippen molar-refractivity contribution in [2.24, 2.45) is 5.92 Å². The molecule has 0 aliphatic heterocycles. The first-order valence-electron chi connectivity index (χ1n) is 13.7. The minimum absolute atomic E-state index is 0.0749. The molecule has 0 nitrogen and oxygen atoms in total. The molecule has 0 spiro atoms. The lowest BCUT2D eigenvalue weighted by Gasteiger charge is -2.29. The molecule has 0 heterocycles. The lowest BCUT2D eigenvalue weighted by molar-refractivity contribution is 0.309. The number of allylic oxidation sites excluding steroid dienone is 2. The van der Waals surface area contributed by atoms with Gasteiger partial charge in [0, 0.05) is 5.56 Å². The Kier molecular flexibility index (Phi) is 9.50. The van der Waals surface area contributed by atoms with Crippen molar-refractivity contribution in [2.45, 2.75) is 83.5 Å². The molecule has 3 aromatic carbocycles. The second kappa shape index (κ2) is 13.0. The van der Waals surface area contributed by atoms with Crippen molar-refractivity contribution >= 4 is 0 Å². The van der Waals surface area contributed by atoms with Gasteiger partial charge in [0.1, 0.15) is 11.6 Å². The molecule has 190 valence electrons. The lowest BCUT2D eigenvalue weighted by atomic mass is 9.76. The zero-order chi connectivity index (χ0) is 25.3. The molecule has 0 radical (unpaired) electrons. The number of halogens is 2. The highest BCUT2D eigenvalue weighted by Crippen LogP contribution is 2.38. The molecular weight excluding hydrogens is 446 g/mol. The van der Waals surface area contributed by atoms with Crippen molar-refractivity contribution in [3.05, 3.63) is 118 Å². The Morgan fingerprint density at radius 3 is 2.06 bits per heavy atom. The molecule has 1 saturated carbocycles. The lowest BCUT2D eigenvalue weighted by Crippen LogP contribution is -2.15. The van der Waals surface area contributed by atoms with E-state index in [0.29, 0.717) is 12.3 Å². The fourth-order valence-corrected chi connectivity index (χ4v) is 5.70. The molecule has 1 fully saturated rings. The topological polar surface area (TPSA) is 0 Å².